The van der Waals surface area contributed by atoms with Crippen LogP contribution in [0, 0.1) is 5.41 Å². The van der Waals surface area contributed by atoms with Crippen molar-refractivity contribution in [2.75, 3.05) is 14.2 Å². The molecule has 1 spiro atoms. The van der Waals surface area contributed by atoms with Crippen LogP contribution in [0.25, 0.3) is 0 Å². The third-order valence-corrected chi connectivity index (χ3v) is 6.69. The lowest BCUT2D eigenvalue weighted by Gasteiger charge is -2.21. The van der Waals surface area contributed by atoms with Crippen LogP contribution in [-0.4, -0.2) is 26.2 Å². The minimum Gasteiger partial charge on any atom is -0.465 e. The minimum absolute atomic E-state index is 0.143. The van der Waals surface area contributed by atoms with Gasteiger partial charge in [0.05, 0.1) is 25.3 Å². The second kappa shape index (κ2) is 7.33. The van der Waals surface area contributed by atoms with Gasteiger partial charge in [-0.25, -0.2) is 9.59 Å². The fourth-order valence-electron chi connectivity index (χ4n) is 5.32. The topological polar surface area (TPSA) is 52.6 Å². The number of carbonyl (C=O) groups is 2. The van der Waals surface area contributed by atoms with Gasteiger partial charge in [0.15, 0.2) is 0 Å². The van der Waals surface area contributed by atoms with Gasteiger partial charge in [0.2, 0.25) is 0 Å². The molecule has 0 saturated carbocycles. The molecule has 0 unspecified atom stereocenters. The van der Waals surface area contributed by atoms with Gasteiger partial charge in [-0.1, -0.05) is 26.0 Å². The van der Waals surface area contributed by atoms with E-state index >= 15 is 0 Å². The lowest BCUT2D eigenvalue weighted by atomic mass is 9.82. The van der Waals surface area contributed by atoms with Crippen molar-refractivity contribution < 1.29 is 19.1 Å². The maximum Gasteiger partial charge on any atom is 0.338 e. The number of aryl methyl sites for hydroxylation is 2. The summed E-state index contributed by atoms with van der Waals surface area (Å²) in [5.74, 6) is -0.508. The van der Waals surface area contributed by atoms with E-state index < -0.39 is 0 Å². The van der Waals surface area contributed by atoms with Crippen molar-refractivity contribution in [2.45, 2.75) is 52.4 Å². The van der Waals surface area contributed by atoms with Gasteiger partial charge in [-0.15, -0.1) is 0 Å². The number of hydrogen-bond acceptors (Lipinski definition) is 4. The van der Waals surface area contributed by atoms with Crippen LogP contribution < -0.4 is 0 Å². The maximum absolute atomic E-state index is 12.2. The van der Waals surface area contributed by atoms with E-state index in [9.17, 15) is 9.59 Å². The van der Waals surface area contributed by atoms with Gasteiger partial charge < -0.3 is 9.47 Å². The second-order valence-electron chi connectivity index (χ2n) is 8.45. The molecule has 2 aliphatic rings. The molecule has 29 heavy (non-hydrogen) atoms. The third-order valence-electron chi connectivity index (χ3n) is 6.69. The van der Waals surface area contributed by atoms with Gasteiger partial charge in [-0.2, -0.15) is 0 Å². The third kappa shape index (κ3) is 3.25. The molecule has 2 aliphatic carbocycles. The first-order chi connectivity index (χ1) is 13.9. The Kier molecular flexibility index (Phi) is 4.97. The molecule has 4 nitrogen and oxygen atoms in total. The smallest absolute Gasteiger partial charge is 0.338 e. The quantitative estimate of drug-likeness (QED) is 0.729. The Hall–Kier alpha value is -2.62. The van der Waals surface area contributed by atoms with Crippen molar-refractivity contribution in [1.29, 1.82) is 0 Å². The van der Waals surface area contributed by atoms with Crippen molar-refractivity contribution in [1.82, 2.24) is 0 Å². The lowest BCUT2D eigenvalue weighted by Crippen LogP contribution is -2.21. The predicted molar refractivity (Wildman–Crippen MR) is 112 cm³/mol. The van der Waals surface area contributed by atoms with Gasteiger partial charge in [-0.05, 0) is 89.5 Å². The minimum atomic E-state index is -0.254. The van der Waals surface area contributed by atoms with E-state index in [2.05, 4.69) is 38.1 Å². The van der Waals surface area contributed by atoms with E-state index in [1.54, 1.807) is 0 Å². The zero-order chi connectivity index (χ0) is 20.8. The zero-order valence-corrected chi connectivity index (χ0v) is 17.7. The number of benzene rings is 2. The van der Waals surface area contributed by atoms with Crippen LogP contribution in [0.2, 0.25) is 0 Å². The molecule has 2 aromatic carbocycles. The highest BCUT2D eigenvalue weighted by Crippen LogP contribution is 2.48. The van der Waals surface area contributed by atoms with E-state index in [0.29, 0.717) is 11.1 Å². The van der Waals surface area contributed by atoms with Crippen molar-refractivity contribution in [3.63, 3.8) is 0 Å². The lowest BCUT2D eigenvalue weighted by molar-refractivity contribution is 0.0590. The average Bonchev–Trinajstić information content (AvgIpc) is 3.26. The van der Waals surface area contributed by atoms with Crippen molar-refractivity contribution in [3.05, 3.63) is 68.8 Å². The Morgan fingerprint density at radius 1 is 0.724 bits per heavy atom. The van der Waals surface area contributed by atoms with Crippen LogP contribution in [0.15, 0.2) is 24.3 Å². The van der Waals surface area contributed by atoms with Crippen molar-refractivity contribution >= 4 is 11.9 Å². The molecule has 0 saturated heterocycles. The molecule has 152 valence electrons. The summed E-state index contributed by atoms with van der Waals surface area (Å²) in [6, 6.07) is 8.51. The summed E-state index contributed by atoms with van der Waals surface area (Å²) in [5.41, 5.74) is 8.89. The molecule has 0 amide bonds. The maximum atomic E-state index is 12.2. The summed E-state index contributed by atoms with van der Waals surface area (Å²) in [4.78, 5) is 24.4. The number of hydrogen-bond donors (Lipinski definition) is 0. The number of methoxy groups -OCH3 is 2. The second-order valence-corrected chi connectivity index (χ2v) is 8.45. The largest absolute Gasteiger partial charge is 0.465 e. The molecule has 0 aliphatic heterocycles. The molecule has 4 heteroatoms. The molecule has 2 aromatic rings. The summed E-state index contributed by atoms with van der Waals surface area (Å²) >= 11 is 0. The molecule has 0 fully saturated rings. The molecular weight excluding hydrogens is 364 g/mol. The van der Waals surface area contributed by atoms with Crippen LogP contribution in [0.5, 0.6) is 0 Å². The molecule has 0 N–H and O–H groups in total. The van der Waals surface area contributed by atoms with Crippen LogP contribution >= 0.6 is 0 Å². The fraction of sp³-hybridized carbons (Fsp3) is 0.440. The Morgan fingerprint density at radius 3 is 1.38 bits per heavy atom. The van der Waals surface area contributed by atoms with Crippen LogP contribution in [-0.2, 0) is 48.0 Å². The molecular formula is C25H28O4. The summed E-state index contributed by atoms with van der Waals surface area (Å²) in [6.45, 7) is 4.15. The van der Waals surface area contributed by atoms with Gasteiger partial charge in [0, 0.05) is 0 Å². The summed E-state index contributed by atoms with van der Waals surface area (Å²) < 4.78 is 9.99. The zero-order valence-electron chi connectivity index (χ0n) is 17.7. The molecule has 4 rings (SSSR count). The summed E-state index contributed by atoms with van der Waals surface area (Å²) in [5, 5.41) is 0. The Balaban J connectivity index is 1.68. The van der Waals surface area contributed by atoms with Crippen LogP contribution in [0.1, 0.15) is 67.9 Å². The van der Waals surface area contributed by atoms with Crippen molar-refractivity contribution in [2.24, 2.45) is 5.41 Å². The Bertz CT molecular complexity index is 921. The Morgan fingerprint density at radius 2 is 1.07 bits per heavy atom. The molecule has 0 radical (unpaired) electrons. The summed E-state index contributed by atoms with van der Waals surface area (Å²) in [6.07, 6.45) is 5.57. The number of esters is 2. The predicted octanol–water partition coefficient (Wildman–Crippen LogP) is 4.27. The van der Waals surface area contributed by atoms with Crippen LogP contribution in [0.3, 0.4) is 0 Å². The molecule has 0 atom stereocenters. The van der Waals surface area contributed by atoms with E-state index in [1.165, 1.54) is 36.5 Å². The average molecular weight is 392 g/mol. The fourth-order valence-corrected chi connectivity index (χ4v) is 5.32. The number of ether oxygens (including phenoxy) is 2. The first-order valence-corrected chi connectivity index (χ1v) is 10.4. The SMILES string of the molecule is CCc1cc2c(cc1C(=O)OC)CC1(C2)Cc2cc(CC)c(C(=O)OC)cc2C1. The van der Waals surface area contributed by atoms with Gasteiger partial charge in [-0.3, -0.25) is 0 Å². The first kappa shape index (κ1) is 19.7. The monoisotopic (exact) mass is 392 g/mol. The van der Waals surface area contributed by atoms with Crippen LogP contribution in [0.4, 0.5) is 0 Å². The van der Waals surface area contributed by atoms with Gasteiger partial charge in [0.1, 0.15) is 0 Å². The van der Waals surface area contributed by atoms with E-state index in [-0.39, 0.29) is 17.4 Å². The number of fused-ring (bicyclic) bond motifs is 2. The standard InChI is InChI=1S/C25H28O4/c1-5-15-7-17-11-25(13-19(17)9-21(15)23(26)28-3)12-18-8-16(6-2)22(24(27)29-4)10-20(18)14-25/h7-10H,5-6,11-14H2,1-4H3. The number of carbonyl (C=O) groups excluding carboxylic acids is 2. The van der Waals surface area contributed by atoms with E-state index in [4.69, 9.17) is 9.47 Å². The van der Waals surface area contributed by atoms with Gasteiger partial charge >= 0.3 is 11.9 Å². The summed E-state index contributed by atoms with van der Waals surface area (Å²) in [7, 11) is 2.88. The molecule has 0 bridgehead atoms. The Labute approximate surface area is 172 Å². The molecule has 0 aromatic heterocycles. The normalized spacial score (nSPS) is 15.9. The van der Waals surface area contributed by atoms with E-state index in [0.717, 1.165) is 49.7 Å². The van der Waals surface area contributed by atoms with Crippen molar-refractivity contribution in [3.8, 4) is 0 Å². The number of rotatable bonds is 4. The highest BCUT2D eigenvalue weighted by molar-refractivity contribution is 5.92. The van der Waals surface area contributed by atoms with Gasteiger partial charge in [0.25, 0.3) is 0 Å². The first-order valence-electron chi connectivity index (χ1n) is 10.4. The molecule has 0 heterocycles. The highest BCUT2D eigenvalue weighted by atomic mass is 16.5. The van der Waals surface area contributed by atoms with E-state index in [1.807, 2.05) is 0 Å². The highest BCUT2D eigenvalue weighted by Gasteiger charge is 2.43.